The highest BCUT2D eigenvalue weighted by molar-refractivity contribution is 5.91. The van der Waals surface area contributed by atoms with Crippen LogP contribution >= 0.6 is 0 Å². The molecule has 0 unspecified atom stereocenters. The van der Waals surface area contributed by atoms with Crippen LogP contribution < -0.4 is 10.1 Å². The first-order chi connectivity index (χ1) is 16.6. The highest BCUT2D eigenvalue weighted by Crippen LogP contribution is 2.29. The van der Waals surface area contributed by atoms with Gasteiger partial charge in [0.15, 0.2) is 0 Å². The van der Waals surface area contributed by atoms with Crippen molar-refractivity contribution in [1.82, 2.24) is 19.9 Å². The number of anilines is 2. The van der Waals surface area contributed by atoms with Gasteiger partial charge in [0.1, 0.15) is 23.6 Å². The van der Waals surface area contributed by atoms with Crippen LogP contribution in [0.5, 0.6) is 11.5 Å². The normalized spacial score (nSPS) is 10.4. The van der Waals surface area contributed by atoms with E-state index in [0.717, 1.165) is 44.7 Å². The number of aryl methyl sites for hydroxylation is 2. The molecule has 6 nitrogen and oxygen atoms in total. The molecular weight excluding hydrogens is 422 g/mol. The lowest BCUT2D eigenvalue weighted by Crippen LogP contribution is -1.97. The average molecular weight is 444 g/mol. The van der Waals surface area contributed by atoms with Crippen LogP contribution in [0.3, 0.4) is 0 Å². The summed E-state index contributed by atoms with van der Waals surface area (Å²) in [7, 11) is 0. The molecule has 0 spiro atoms. The van der Waals surface area contributed by atoms with E-state index >= 15 is 0 Å². The Morgan fingerprint density at radius 2 is 1.74 bits per heavy atom. The molecule has 164 valence electrons. The van der Waals surface area contributed by atoms with Gasteiger partial charge in [0.25, 0.3) is 0 Å². The van der Waals surface area contributed by atoms with Gasteiger partial charge in [-0.2, -0.15) is 0 Å². The zero-order valence-corrected chi connectivity index (χ0v) is 18.8. The smallest absolute Gasteiger partial charge is 0.145 e. The molecule has 5 rings (SSSR count). The number of rotatable bonds is 4. The van der Waals surface area contributed by atoms with Crippen molar-refractivity contribution in [3.63, 3.8) is 0 Å². The summed E-state index contributed by atoms with van der Waals surface area (Å²) in [6.45, 7) is 3.95. The molecule has 2 aromatic carbocycles. The number of ether oxygens (including phenoxy) is 1. The molecule has 0 amide bonds. The van der Waals surface area contributed by atoms with Gasteiger partial charge in [-0.15, -0.1) is 0 Å². The van der Waals surface area contributed by atoms with Crippen molar-refractivity contribution < 1.29 is 4.74 Å². The van der Waals surface area contributed by atoms with Crippen molar-refractivity contribution in [2.24, 2.45) is 0 Å². The number of hydrogen-bond donors (Lipinski definition) is 1. The number of hydrogen-bond acceptors (Lipinski definition) is 6. The monoisotopic (exact) mass is 443 g/mol. The van der Waals surface area contributed by atoms with Crippen LogP contribution in [-0.4, -0.2) is 19.9 Å². The van der Waals surface area contributed by atoms with Crippen molar-refractivity contribution in [2.75, 3.05) is 5.32 Å². The molecule has 0 saturated carbocycles. The third-order valence-corrected chi connectivity index (χ3v) is 5.20. The number of nitrogens with zero attached hydrogens (tertiary/aromatic N) is 4. The molecule has 6 heteroatoms. The Kier molecular flexibility index (Phi) is 5.83. The second kappa shape index (κ2) is 9.39. The van der Waals surface area contributed by atoms with Crippen molar-refractivity contribution in [2.45, 2.75) is 13.8 Å². The minimum absolute atomic E-state index is 0.705. The number of fused-ring (bicyclic) bond motifs is 1. The minimum atomic E-state index is 0.705. The maximum Gasteiger partial charge on any atom is 0.145 e. The van der Waals surface area contributed by atoms with Crippen LogP contribution in [0, 0.1) is 25.7 Å². The third kappa shape index (κ3) is 4.84. The number of benzene rings is 2. The minimum Gasteiger partial charge on any atom is -0.455 e. The topological polar surface area (TPSA) is 72.8 Å². The van der Waals surface area contributed by atoms with Crippen molar-refractivity contribution in [3.05, 3.63) is 108 Å². The molecule has 0 fully saturated rings. The van der Waals surface area contributed by atoms with E-state index in [1.54, 1.807) is 24.9 Å². The van der Waals surface area contributed by atoms with Gasteiger partial charge in [-0.1, -0.05) is 11.8 Å². The lowest BCUT2D eigenvalue weighted by molar-refractivity contribution is 0.476. The molecular formula is C28H21N5O. The van der Waals surface area contributed by atoms with Gasteiger partial charge in [-0.05, 0) is 80.1 Å². The highest BCUT2D eigenvalue weighted by Gasteiger charge is 2.08. The van der Waals surface area contributed by atoms with Gasteiger partial charge in [0, 0.05) is 40.3 Å². The van der Waals surface area contributed by atoms with Crippen LogP contribution in [0.15, 0.2) is 85.6 Å². The molecule has 0 atom stereocenters. The van der Waals surface area contributed by atoms with Crippen LogP contribution in [0.1, 0.15) is 22.4 Å². The summed E-state index contributed by atoms with van der Waals surface area (Å²) >= 11 is 0. The molecule has 0 radical (unpaired) electrons. The molecule has 3 heterocycles. The van der Waals surface area contributed by atoms with E-state index in [2.05, 4.69) is 37.1 Å². The Morgan fingerprint density at radius 1 is 0.824 bits per heavy atom. The summed E-state index contributed by atoms with van der Waals surface area (Å²) < 4.78 is 5.98. The second-order valence-electron chi connectivity index (χ2n) is 7.79. The SMILES string of the molecule is Cc1ccc(Oc2ccc(Nc3ncnc4ccc(C#Cc5cccnc5)cc34)cc2C)cn1. The van der Waals surface area contributed by atoms with E-state index in [-0.39, 0.29) is 0 Å². The van der Waals surface area contributed by atoms with E-state index in [4.69, 9.17) is 4.74 Å². The molecule has 0 aliphatic heterocycles. The van der Waals surface area contributed by atoms with E-state index in [1.165, 1.54) is 0 Å². The predicted octanol–water partition coefficient (Wildman–Crippen LogP) is 5.97. The summed E-state index contributed by atoms with van der Waals surface area (Å²) in [4.78, 5) is 17.2. The van der Waals surface area contributed by atoms with Gasteiger partial charge >= 0.3 is 0 Å². The molecule has 1 N–H and O–H groups in total. The molecule has 5 aromatic rings. The Hall–Kier alpha value is -4.76. The summed E-state index contributed by atoms with van der Waals surface area (Å²) in [6.07, 6.45) is 6.76. The Bertz CT molecular complexity index is 1520. The molecule has 0 saturated heterocycles. The highest BCUT2D eigenvalue weighted by atomic mass is 16.5. The van der Waals surface area contributed by atoms with Gasteiger partial charge in [0.05, 0.1) is 11.7 Å². The van der Waals surface area contributed by atoms with Gasteiger partial charge in [0.2, 0.25) is 0 Å². The van der Waals surface area contributed by atoms with E-state index in [9.17, 15) is 0 Å². The number of aromatic nitrogens is 4. The van der Waals surface area contributed by atoms with Crippen molar-refractivity contribution in [1.29, 1.82) is 0 Å². The van der Waals surface area contributed by atoms with Crippen molar-refractivity contribution in [3.8, 4) is 23.3 Å². The molecule has 0 aliphatic carbocycles. The fourth-order valence-corrected chi connectivity index (χ4v) is 3.44. The largest absolute Gasteiger partial charge is 0.455 e. The summed E-state index contributed by atoms with van der Waals surface area (Å²) in [5, 5.41) is 4.30. The number of pyridine rings is 2. The lowest BCUT2D eigenvalue weighted by atomic mass is 10.1. The lowest BCUT2D eigenvalue weighted by Gasteiger charge is -2.12. The molecule has 34 heavy (non-hydrogen) atoms. The fraction of sp³-hybridized carbons (Fsp3) is 0.0714. The van der Waals surface area contributed by atoms with E-state index < -0.39 is 0 Å². The average Bonchev–Trinajstić information content (AvgIpc) is 2.86. The van der Waals surface area contributed by atoms with Gasteiger partial charge in [-0.3, -0.25) is 9.97 Å². The fourth-order valence-electron chi connectivity index (χ4n) is 3.44. The summed E-state index contributed by atoms with van der Waals surface area (Å²) in [6, 6.07) is 19.5. The summed E-state index contributed by atoms with van der Waals surface area (Å²) in [5.74, 6) is 8.52. The standard InChI is InChI=1S/C28H21N5O/c1-19-14-23(9-12-27(19)34-24-10-5-20(2)30-17-24)33-28-25-15-21(8-11-26(25)31-18-32-28)6-7-22-4-3-13-29-16-22/h3-5,8-18H,1-2H3,(H,31,32,33). The van der Waals surface area contributed by atoms with Gasteiger partial charge in [-0.25, -0.2) is 9.97 Å². The number of nitrogens with one attached hydrogen (secondary N) is 1. The van der Waals surface area contributed by atoms with E-state index in [1.807, 2.05) is 74.5 Å². The van der Waals surface area contributed by atoms with Crippen LogP contribution in [-0.2, 0) is 0 Å². The molecule has 0 bridgehead atoms. The quantitative estimate of drug-likeness (QED) is 0.345. The molecule has 3 aromatic heterocycles. The first-order valence-corrected chi connectivity index (χ1v) is 10.8. The Labute approximate surface area is 197 Å². The zero-order valence-electron chi connectivity index (χ0n) is 18.8. The molecule has 0 aliphatic rings. The van der Waals surface area contributed by atoms with Gasteiger partial charge < -0.3 is 10.1 Å². The summed E-state index contributed by atoms with van der Waals surface area (Å²) in [5.41, 5.74) is 5.43. The maximum absolute atomic E-state index is 5.98. The van der Waals surface area contributed by atoms with Crippen LogP contribution in [0.25, 0.3) is 10.9 Å². The Balaban J connectivity index is 1.40. The second-order valence-corrected chi connectivity index (χ2v) is 7.79. The Morgan fingerprint density at radius 3 is 2.53 bits per heavy atom. The van der Waals surface area contributed by atoms with Crippen molar-refractivity contribution >= 4 is 22.4 Å². The maximum atomic E-state index is 5.98. The predicted molar refractivity (Wildman–Crippen MR) is 133 cm³/mol. The van der Waals surface area contributed by atoms with Crippen LogP contribution in [0.4, 0.5) is 11.5 Å². The van der Waals surface area contributed by atoms with E-state index in [0.29, 0.717) is 11.6 Å². The first kappa shape index (κ1) is 21.1. The van der Waals surface area contributed by atoms with Crippen LogP contribution in [0.2, 0.25) is 0 Å². The first-order valence-electron chi connectivity index (χ1n) is 10.8. The third-order valence-electron chi connectivity index (χ3n) is 5.20. The zero-order chi connectivity index (χ0) is 23.3.